The Hall–Kier alpha value is -7.49. The fraction of sp³-hybridized carbons (Fsp3) is 0.614. The first-order valence-electron chi connectivity index (χ1n) is 23.7. The van der Waals surface area contributed by atoms with E-state index in [1.54, 1.807) is 6.92 Å². The Morgan fingerprint density at radius 3 is 1.64 bits per heavy atom. The van der Waals surface area contributed by atoms with Crippen molar-refractivity contribution in [1.29, 1.82) is 0 Å². The number of carboxylic acid groups (broad SMARTS) is 2. The Balaban J connectivity index is 1.91. The average Bonchev–Trinajstić information content (AvgIpc) is 4.16. The lowest BCUT2D eigenvalue weighted by atomic mass is 9.98. The standard InChI is InChI=1S/C44H69N15O13/c1-3-23(2)36(48)42(69)55-26(7-4-5-15-45)37(64)57-30(17-24-19-49-21-51-24)40(67)53-27(9-12-33(46)60)39(66)58-31(18-25-20-50-22-52-25)43(70)59-16-6-8-32(59)41(68)54-28(10-13-34(47)61)38(65)56-29(44(71)72)11-14-35(62)63/h19-23,26-32,36H,3-18,45,48H2,1-2H3,(H2,46,60)(H2,47,61)(H,49,51)(H,50,52)(H,53,67)(H,54,68)(H,55,69)(H,56,65)(H,57,64)(H,58,66)(H,62,63)(H,71,72)/t23-,26-,27-,28-,29-,30-,31-,32-,36-/m0/s1. The maximum Gasteiger partial charge on any atom is 0.326 e. The van der Waals surface area contributed by atoms with Gasteiger partial charge in [-0.1, -0.05) is 20.3 Å². The van der Waals surface area contributed by atoms with E-state index in [2.05, 4.69) is 51.8 Å². The van der Waals surface area contributed by atoms with E-state index in [0.29, 0.717) is 37.2 Å². The van der Waals surface area contributed by atoms with E-state index in [0.717, 1.165) is 4.90 Å². The fourth-order valence-electron chi connectivity index (χ4n) is 7.68. The van der Waals surface area contributed by atoms with Crippen LogP contribution in [0.2, 0.25) is 0 Å². The molecule has 1 aliphatic rings. The van der Waals surface area contributed by atoms with Gasteiger partial charge in [0, 0.05) is 62.4 Å². The van der Waals surface area contributed by atoms with Gasteiger partial charge >= 0.3 is 11.9 Å². The molecule has 1 saturated heterocycles. The van der Waals surface area contributed by atoms with Crippen LogP contribution in [0.1, 0.15) is 102 Å². The Bertz CT molecular complexity index is 2170. The van der Waals surface area contributed by atoms with Gasteiger partial charge in [-0.05, 0) is 63.8 Å². The number of imidazole rings is 2. The summed E-state index contributed by atoms with van der Waals surface area (Å²) in [4.78, 5) is 159. The maximum absolute atomic E-state index is 14.5. The van der Waals surface area contributed by atoms with E-state index in [1.165, 1.54) is 25.0 Å². The van der Waals surface area contributed by atoms with E-state index in [1.807, 2.05) is 6.92 Å². The Labute approximate surface area is 414 Å². The number of H-pyrrole nitrogens is 2. The zero-order valence-corrected chi connectivity index (χ0v) is 40.4. The topological polar surface area (TPSA) is 465 Å². The summed E-state index contributed by atoms with van der Waals surface area (Å²) in [5, 5.41) is 33.8. The van der Waals surface area contributed by atoms with Gasteiger partial charge in [0.15, 0.2) is 0 Å². The molecule has 0 unspecified atom stereocenters. The molecule has 2 aromatic rings. The molecule has 0 saturated carbocycles. The van der Waals surface area contributed by atoms with E-state index in [-0.39, 0.29) is 57.4 Å². The number of amides is 9. The van der Waals surface area contributed by atoms with Crippen molar-refractivity contribution >= 4 is 65.1 Å². The highest BCUT2D eigenvalue weighted by atomic mass is 16.4. The number of carboxylic acids is 2. The van der Waals surface area contributed by atoms with Crippen LogP contribution in [0, 0.1) is 5.92 Å². The van der Waals surface area contributed by atoms with Crippen LogP contribution in [-0.2, 0) is 65.6 Å². The lowest BCUT2D eigenvalue weighted by Crippen LogP contribution is -2.60. The minimum atomic E-state index is -1.67. The van der Waals surface area contributed by atoms with Crippen molar-refractivity contribution in [3.63, 3.8) is 0 Å². The molecule has 0 aliphatic carbocycles. The number of aromatic amines is 2. The molecule has 0 radical (unpaired) electrons. The number of unbranched alkanes of at least 4 members (excludes halogenated alkanes) is 1. The molecule has 1 aliphatic heterocycles. The Morgan fingerprint density at radius 1 is 0.667 bits per heavy atom. The molecule has 3 rings (SSSR count). The van der Waals surface area contributed by atoms with Crippen molar-refractivity contribution in [1.82, 2.24) is 56.7 Å². The molecule has 398 valence electrons. The molecule has 28 heteroatoms. The van der Waals surface area contributed by atoms with E-state index in [4.69, 9.17) is 28.0 Å². The molecule has 1 fully saturated rings. The first kappa shape index (κ1) is 58.8. The van der Waals surface area contributed by atoms with Gasteiger partial charge in [-0.15, -0.1) is 0 Å². The van der Waals surface area contributed by atoms with Crippen molar-refractivity contribution in [3.8, 4) is 0 Å². The van der Waals surface area contributed by atoms with Crippen molar-refractivity contribution in [3.05, 3.63) is 36.4 Å². The van der Waals surface area contributed by atoms with Gasteiger partial charge in [0.1, 0.15) is 42.3 Å². The zero-order valence-electron chi connectivity index (χ0n) is 40.4. The predicted molar refractivity (Wildman–Crippen MR) is 253 cm³/mol. The van der Waals surface area contributed by atoms with Crippen LogP contribution in [0.4, 0.5) is 0 Å². The smallest absolute Gasteiger partial charge is 0.326 e. The number of carbonyl (C=O) groups is 11. The number of hydrogen-bond donors (Lipinski definition) is 14. The van der Waals surface area contributed by atoms with Gasteiger partial charge < -0.3 is 79.9 Å². The van der Waals surface area contributed by atoms with Crippen molar-refractivity contribution in [2.45, 2.75) is 152 Å². The number of primary amides is 2. The molecule has 9 amide bonds. The number of hydrogen-bond acceptors (Lipinski definition) is 15. The summed E-state index contributed by atoms with van der Waals surface area (Å²) in [7, 11) is 0. The van der Waals surface area contributed by atoms with Gasteiger partial charge in [-0.2, -0.15) is 0 Å². The average molecular weight is 1020 g/mol. The van der Waals surface area contributed by atoms with Gasteiger partial charge in [0.05, 0.1) is 18.7 Å². The first-order valence-corrected chi connectivity index (χ1v) is 23.7. The number of nitrogens with one attached hydrogen (secondary N) is 8. The summed E-state index contributed by atoms with van der Waals surface area (Å²) in [5.41, 5.74) is 23.4. The zero-order chi connectivity index (χ0) is 53.5. The highest BCUT2D eigenvalue weighted by Gasteiger charge is 2.41. The van der Waals surface area contributed by atoms with Crippen LogP contribution in [0.3, 0.4) is 0 Å². The molecule has 18 N–H and O–H groups in total. The second kappa shape index (κ2) is 29.6. The highest BCUT2D eigenvalue weighted by molar-refractivity contribution is 5.98. The number of aliphatic carboxylic acids is 2. The summed E-state index contributed by atoms with van der Waals surface area (Å²) < 4.78 is 0. The van der Waals surface area contributed by atoms with Crippen LogP contribution in [-0.4, -0.2) is 162 Å². The van der Waals surface area contributed by atoms with Crippen molar-refractivity contribution < 1.29 is 63.0 Å². The molecular formula is C44H69N15O13. The summed E-state index contributed by atoms with van der Waals surface area (Å²) in [6.45, 7) is 3.94. The maximum atomic E-state index is 14.5. The second-order valence-electron chi connectivity index (χ2n) is 17.6. The van der Waals surface area contributed by atoms with Crippen LogP contribution >= 0.6 is 0 Å². The number of nitrogens with two attached hydrogens (primary N) is 4. The quantitative estimate of drug-likeness (QED) is 0.0302. The third kappa shape index (κ3) is 19.4. The molecule has 0 spiro atoms. The fourth-order valence-corrected chi connectivity index (χ4v) is 7.68. The summed E-state index contributed by atoms with van der Waals surface area (Å²) in [6, 6.07) is -11.0. The number of likely N-dealkylation sites (tertiary alicyclic amines) is 1. The largest absolute Gasteiger partial charge is 0.481 e. The molecule has 0 bridgehead atoms. The summed E-state index contributed by atoms with van der Waals surface area (Å²) >= 11 is 0. The van der Waals surface area contributed by atoms with E-state index < -0.39 is 139 Å². The minimum absolute atomic E-state index is 0.0191. The molecule has 2 aromatic heterocycles. The number of rotatable bonds is 33. The lowest BCUT2D eigenvalue weighted by molar-refractivity contribution is -0.144. The van der Waals surface area contributed by atoms with E-state index in [9.17, 15) is 57.8 Å². The van der Waals surface area contributed by atoms with Crippen LogP contribution in [0.15, 0.2) is 25.0 Å². The molecule has 28 nitrogen and oxygen atoms in total. The van der Waals surface area contributed by atoms with Crippen LogP contribution < -0.4 is 54.8 Å². The Morgan fingerprint density at radius 2 is 1.14 bits per heavy atom. The van der Waals surface area contributed by atoms with Crippen LogP contribution in [0.5, 0.6) is 0 Å². The number of aromatic nitrogens is 4. The van der Waals surface area contributed by atoms with Crippen LogP contribution in [0.25, 0.3) is 0 Å². The lowest BCUT2D eigenvalue weighted by Gasteiger charge is -2.31. The first-order chi connectivity index (χ1) is 34.1. The van der Waals surface area contributed by atoms with Gasteiger partial charge in [0.25, 0.3) is 0 Å². The number of carbonyl (C=O) groups excluding carboxylic acids is 9. The third-order valence-corrected chi connectivity index (χ3v) is 12.1. The number of nitrogens with zero attached hydrogens (tertiary/aromatic N) is 3. The Kier molecular flexibility index (Phi) is 24.2. The molecule has 9 atom stereocenters. The third-order valence-electron chi connectivity index (χ3n) is 12.1. The SMILES string of the molecule is CC[C@H](C)[C@H](N)C(=O)N[C@@H](CCCCN)C(=O)N[C@@H](Cc1cnc[nH]1)C(=O)N[C@@H](CCC(N)=O)C(=O)N[C@@H](Cc1cnc[nH]1)C(=O)N1CCC[C@H]1C(=O)N[C@@H](CCC(N)=O)C(=O)N[C@@H](CCC(=O)O)C(=O)O. The van der Waals surface area contributed by atoms with Crippen molar-refractivity contribution in [2.75, 3.05) is 13.1 Å². The molecule has 72 heavy (non-hydrogen) atoms. The minimum Gasteiger partial charge on any atom is -0.481 e. The van der Waals surface area contributed by atoms with Gasteiger partial charge in [0.2, 0.25) is 53.2 Å². The summed E-state index contributed by atoms with van der Waals surface area (Å²) in [6.07, 6.45) is 4.31. The predicted octanol–water partition coefficient (Wildman–Crippen LogP) is -4.20. The van der Waals surface area contributed by atoms with Gasteiger partial charge in [-0.25, -0.2) is 14.8 Å². The highest BCUT2D eigenvalue weighted by Crippen LogP contribution is 2.21. The van der Waals surface area contributed by atoms with E-state index >= 15 is 0 Å². The van der Waals surface area contributed by atoms with Gasteiger partial charge in [-0.3, -0.25) is 47.9 Å². The molecule has 3 heterocycles. The normalized spacial score (nSPS) is 16.6. The molecule has 0 aromatic carbocycles. The molecular weight excluding hydrogens is 947 g/mol. The second-order valence-corrected chi connectivity index (χ2v) is 17.6. The summed E-state index contributed by atoms with van der Waals surface area (Å²) in [5.74, 6) is -10.7. The monoisotopic (exact) mass is 1020 g/mol. The van der Waals surface area contributed by atoms with Crippen molar-refractivity contribution in [2.24, 2.45) is 28.9 Å².